The van der Waals surface area contributed by atoms with Crippen LogP contribution in [0.3, 0.4) is 0 Å². The lowest BCUT2D eigenvalue weighted by atomic mass is 9.88. The summed E-state index contributed by atoms with van der Waals surface area (Å²) in [5, 5.41) is 0. The predicted molar refractivity (Wildman–Crippen MR) is 94.9 cm³/mol. The van der Waals surface area contributed by atoms with Crippen LogP contribution in [0, 0.1) is 5.92 Å². The lowest BCUT2D eigenvalue weighted by molar-refractivity contribution is -0.325. The van der Waals surface area contributed by atoms with Crippen LogP contribution in [0.2, 0.25) is 0 Å². The minimum atomic E-state index is 0.361. The third-order valence-electron chi connectivity index (χ3n) is 5.04. The Balaban J connectivity index is 2.17. The zero-order chi connectivity index (χ0) is 15.9. The van der Waals surface area contributed by atoms with Crippen LogP contribution in [-0.2, 0) is 9.78 Å². The summed E-state index contributed by atoms with van der Waals surface area (Å²) >= 11 is 0. The standard InChI is InChI=1S/C20H40O2/c1-3-5-7-9-11-13-17-20-19(16-14-18-21-22-20)15-12-10-8-6-4-2/h19-20H,3-18H2,1-2H3/t19-,20+/m0/s1. The number of unbranched alkanes of at least 4 members (excludes halogenated alkanes) is 9. The quantitative estimate of drug-likeness (QED) is 0.274. The van der Waals surface area contributed by atoms with E-state index >= 15 is 0 Å². The normalized spacial score (nSPS) is 22.6. The van der Waals surface area contributed by atoms with Gasteiger partial charge in [-0.05, 0) is 31.6 Å². The molecule has 0 N–H and O–H groups in total. The van der Waals surface area contributed by atoms with Gasteiger partial charge in [0.05, 0.1) is 12.7 Å². The van der Waals surface area contributed by atoms with Gasteiger partial charge in [-0.2, -0.15) is 0 Å². The van der Waals surface area contributed by atoms with E-state index in [1.807, 2.05) is 0 Å². The Hall–Kier alpha value is -0.0800. The fourth-order valence-electron chi connectivity index (χ4n) is 3.55. The molecule has 2 heteroatoms. The summed E-state index contributed by atoms with van der Waals surface area (Å²) in [5.74, 6) is 0.736. The molecule has 0 bridgehead atoms. The van der Waals surface area contributed by atoms with E-state index in [4.69, 9.17) is 9.78 Å². The van der Waals surface area contributed by atoms with E-state index in [0.29, 0.717) is 6.10 Å². The molecule has 0 aromatic rings. The van der Waals surface area contributed by atoms with Gasteiger partial charge in [-0.25, -0.2) is 9.78 Å². The maximum absolute atomic E-state index is 5.72. The van der Waals surface area contributed by atoms with E-state index < -0.39 is 0 Å². The number of hydrogen-bond donors (Lipinski definition) is 0. The molecule has 1 fully saturated rings. The Kier molecular flexibility index (Phi) is 13.2. The molecule has 2 atom stereocenters. The first kappa shape index (κ1) is 20.0. The number of hydrogen-bond acceptors (Lipinski definition) is 2. The Labute approximate surface area is 139 Å². The highest BCUT2D eigenvalue weighted by atomic mass is 17.2. The molecule has 132 valence electrons. The van der Waals surface area contributed by atoms with Gasteiger partial charge in [-0.3, -0.25) is 0 Å². The predicted octanol–water partition coefficient (Wildman–Crippen LogP) is 6.82. The minimum absolute atomic E-state index is 0.361. The molecule has 1 rings (SSSR count). The average Bonchev–Trinajstić information content (AvgIpc) is 2.76. The molecule has 0 saturated carbocycles. The average molecular weight is 313 g/mol. The molecule has 0 amide bonds. The van der Waals surface area contributed by atoms with Gasteiger partial charge in [-0.1, -0.05) is 84.5 Å². The third-order valence-corrected chi connectivity index (χ3v) is 5.04. The molecule has 0 aromatic heterocycles. The zero-order valence-electron chi connectivity index (χ0n) is 15.3. The SMILES string of the molecule is CCCCCCCC[C@H]1OOCCC[C@@H]1CCCCCCC. The Morgan fingerprint density at radius 1 is 0.727 bits per heavy atom. The molecule has 0 radical (unpaired) electrons. The van der Waals surface area contributed by atoms with Crippen molar-refractivity contribution in [2.75, 3.05) is 6.61 Å². The van der Waals surface area contributed by atoms with E-state index in [-0.39, 0.29) is 0 Å². The fourth-order valence-corrected chi connectivity index (χ4v) is 3.55. The second kappa shape index (κ2) is 14.5. The molecule has 1 aliphatic heterocycles. The molecule has 22 heavy (non-hydrogen) atoms. The first-order valence-corrected chi connectivity index (χ1v) is 10.2. The highest BCUT2D eigenvalue weighted by molar-refractivity contribution is 4.72. The number of rotatable bonds is 13. The van der Waals surface area contributed by atoms with Crippen LogP contribution in [-0.4, -0.2) is 12.7 Å². The summed E-state index contributed by atoms with van der Waals surface area (Å²) in [6.45, 7) is 5.36. The van der Waals surface area contributed by atoms with Gasteiger partial charge in [0, 0.05) is 0 Å². The van der Waals surface area contributed by atoms with Crippen LogP contribution < -0.4 is 0 Å². The lowest BCUT2D eigenvalue weighted by Crippen LogP contribution is -2.22. The van der Waals surface area contributed by atoms with E-state index in [1.165, 1.54) is 96.3 Å². The van der Waals surface area contributed by atoms with E-state index in [1.54, 1.807) is 0 Å². The van der Waals surface area contributed by atoms with Crippen LogP contribution in [0.4, 0.5) is 0 Å². The van der Waals surface area contributed by atoms with Crippen molar-refractivity contribution in [3.63, 3.8) is 0 Å². The molecule has 1 aliphatic rings. The minimum Gasteiger partial charge on any atom is -0.236 e. The first-order chi connectivity index (χ1) is 10.9. The molecular formula is C20H40O2. The molecule has 0 unspecified atom stereocenters. The van der Waals surface area contributed by atoms with Gasteiger partial charge < -0.3 is 0 Å². The molecule has 0 spiro atoms. The van der Waals surface area contributed by atoms with Crippen molar-refractivity contribution in [1.29, 1.82) is 0 Å². The van der Waals surface area contributed by atoms with Crippen LogP contribution in [0.1, 0.15) is 110 Å². The van der Waals surface area contributed by atoms with Crippen molar-refractivity contribution in [3.8, 4) is 0 Å². The van der Waals surface area contributed by atoms with Gasteiger partial charge in [0.25, 0.3) is 0 Å². The molecule has 1 saturated heterocycles. The summed E-state index contributed by atoms with van der Waals surface area (Å²) < 4.78 is 0. The van der Waals surface area contributed by atoms with E-state index in [9.17, 15) is 0 Å². The molecule has 2 nitrogen and oxygen atoms in total. The first-order valence-electron chi connectivity index (χ1n) is 10.2. The van der Waals surface area contributed by atoms with E-state index in [0.717, 1.165) is 12.5 Å². The van der Waals surface area contributed by atoms with Crippen molar-refractivity contribution in [3.05, 3.63) is 0 Å². The zero-order valence-corrected chi connectivity index (χ0v) is 15.3. The maximum atomic E-state index is 5.72. The van der Waals surface area contributed by atoms with E-state index in [2.05, 4.69) is 13.8 Å². The second-order valence-corrected chi connectivity index (χ2v) is 7.12. The van der Waals surface area contributed by atoms with Gasteiger partial charge in [0.1, 0.15) is 0 Å². The Morgan fingerprint density at radius 2 is 1.32 bits per heavy atom. The Bertz CT molecular complexity index is 230. The summed E-state index contributed by atoms with van der Waals surface area (Å²) in [7, 11) is 0. The van der Waals surface area contributed by atoms with Crippen LogP contribution >= 0.6 is 0 Å². The highest BCUT2D eigenvalue weighted by Gasteiger charge is 2.24. The van der Waals surface area contributed by atoms with Crippen LogP contribution in [0.5, 0.6) is 0 Å². The maximum Gasteiger partial charge on any atom is 0.0958 e. The van der Waals surface area contributed by atoms with Crippen LogP contribution in [0.15, 0.2) is 0 Å². The van der Waals surface area contributed by atoms with Gasteiger partial charge in [-0.15, -0.1) is 0 Å². The lowest BCUT2D eigenvalue weighted by Gasteiger charge is -2.23. The van der Waals surface area contributed by atoms with Gasteiger partial charge in [0.2, 0.25) is 0 Å². The van der Waals surface area contributed by atoms with Crippen molar-refractivity contribution in [1.82, 2.24) is 0 Å². The highest BCUT2D eigenvalue weighted by Crippen LogP contribution is 2.28. The third kappa shape index (κ3) is 9.84. The van der Waals surface area contributed by atoms with Crippen molar-refractivity contribution in [2.24, 2.45) is 5.92 Å². The molecule has 0 aromatic carbocycles. The van der Waals surface area contributed by atoms with Gasteiger partial charge >= 0.3 is 0 Å². The molecule has 1 heterocycles. The monoisotopic (exact) mass is 312 g/mol. The van der Waals surface area contributed by atoms with Crippen molar-refractivity contribution in [2.45, 2.75) is 116 Å². The largest absolute Gasteiger partial charge is 0.236 e. The summed E-state index contributed by atoms with van der Waals surface area (Å²) in [5.41, 5.74) is 0. The van der Waals surface area contributed by atoms with Gasteiger partial charge in [0.15, 0.2) is 0 Å². The summed E-state index contributed by atoms with van der Waals surface area (Å²) in [6, 6.07) is 0. The topological polar surface area (TPSA) is 18.5 Å². The van der Waals surface area contributed by atoms with Crippen molar-refractivity contribution >= 4 is 0 Å². The summed E-state index contributed by atoms with van der Waals surface area (Å²) in [4.78, 5) is 11.1. The summed E-state index contributed by atoms with van der Waals surface area (Å²) in [6.07, 6.45) is 20.5. The van der Waals surface area contributed by atoms with Crippen molar-refractivity contribution < 1.29 is 9.78 Å². The molecule has 0 aliphatic carbocycles. The fraction of sp³-hybridized carbons (Fsp3) is 1.00. The second-order valence-electron chi connectivity index (χ2n) is 7.12. The van der Waals surface area contributed by atoms with Crippen LogP contribution in [0.25, 0.3) is 0 Å². The molecular weight excluding hydrogens is 272 g/mol. The Morgan fingerprint density at radius 3 is 2.00 bits per heavy atom. The smallest absolute Gasteiger partial charge is 0.0958 e.